The van der Waals surface area contributed by atoms with E-state index in [2.05, 4.69) is 6.92 Å². The molecule has 0 bridgehead atoms. The Morgan fingerprint density at radius 1 is 0.963 bits per heavy atom. The Hall–Kier alpha value is -0.414. The van der Waals surface area contributed by atoms with E-state index in [1.54, 1.807) is 6.07 Å². The molecule has 27 heavy (non-hydrogen) atoms. The van der Waals surface area contributed by atoms with Crippen LogP contribution in [-0.2, 0) is 16.5 Å². The summed E-state index contributed by atoms with van der Waals surface area (Å²) >= 11 is 0. The fourth-order valence-corrected chi connectivity index (χ4v) is 3.22. The van der Waals surface area contributed by atoms with E-state index in [9.17, 15) is 13.5 Å². The number of hydrogen-bond donors (Lipinski definition) is 1. The molecule has 2 aromatic rings. The van der Waals surface area contributed by atoms with Crippen molar-refractivity contribution in [3.05, 3.63) is 48.0 Å². The predicted molar refractivity (Wildman–Crippen MR) is 99.3 cm³/mol. The first kappa shape index (κ1) is 24.6. The van der Waals surface area contributed by atoms with Gasteiger partial charge in [0.15, 0.2) is 0 Å². The van der Waals surface area contributed by atoms with Crippen LogP contribution in [0.25, 0.3) is 0 Å². The van der Waals surface area contributed by atoms with Crippen LogP contribution in [0.4, 0.5) is 0 Å². The molecule has 7 heteroatoms. The van der Waals surface area contributed by atoms with E-state index >= 15 is 0 Å². The van der Waals surface area contributed by atoms with Crippen molar-refractivity contribution in [3.63, 3.8) is 0 Å². The summed E-state index contributed by atoms with van der Waals surface area (Å²) in [7, 11) is -4.23. The number of hydrogen-bond acceptors (Lipinski definition) is 4. The number of unbranched alkanes of at least 4 members (excludes halogenated alkanes) is 5. The normalized spacial score (nSPS) is 11.0. The molecular weight excluding hydrogens is 391 g/mol. The molecule has 0 saturated heterocycles. The van der Waals surface area contributed by atoms with Gasteiger partial charge in [-0.15, -0.1) is 5.75 Å². The maximum Gasteiger partial charge on any atom is 1.00 e. The average Bonchev–Trinajstić information content (AvgIpc) is 2.59. The first-order valence-electron chi connectivity index (χ1n) is 8.95. The molecule has 1 N–H and O–H groups in total. The van der Waals surface area contributed by atoms with E-state index in [0.29, 0.717) is 11.5 Å². The van der Waals surface area contributed by atoms with Gasteiger partial charge < -0.3 is 9.84 Å². The fourth-order valence-electron chi connectivity index (χ4n) is 2.74. The summed E-state index contributed by atoms with van der Waals surface area (Å²) in [5.74, 6) is 0.763. The molecule has 2 rings (SSSR count). The minimum Gasteiger partial charge on any atom is -0.872 e. The number of rotatable bonds is 10. The topological polar surface area (TPSA) is 86.7 Å². The van der Waals surface area contributed by atoms with Gasteiger partial charge in [-0.1, -0.05) is 51.2 Å². The Bertz CT molecular complexity index is 804. The van der Waals surface area contributed by atoms with E-state index in [-0.39, 0.29) is 62.0 Å². The smallest absolute Gasteiger partial charge is 0.872 e. The molecule has 2 aromatic carbocycles. The van der Waals surface area contributed by atoms with Crippen LogP contribution in [0.5, 0.6) is 17.2 Å². The van der Waals surface area contributed by atoms with Crippen LogP contribution in [0.3, 0.4) is 0 Å². The Labute approximate surface area is 204 Å². The molecule has 0 heterocycles. The van der Waals surface area contributed by atoms with Gasteiger partial charge in [-0.2, -0.15) is 8.42 Å². The zero-order chi connectivity index (χ0) is 19.0. The molecule has 0 atom stereocenters. The Morgan fingerprint density at radius 2 is 1.59 bits per heavy atom. The second-order valence-electron chi connectivity index (χ2n) is 6.34. The molecule has 0 aromatic heterocycles. The fraction of sp³-hybridized carbons (Fsp3) is 0.400. The monoisotopic (exact) mass is 416 g/mol. The summed E-state index contributed by atoms with van der Waals surface area (Å²) in [5, 5.41) is 11.7. The quantitative estimate of drug-likeness (QED) is 0.362. The molecule has 0 unspecified atom stereocenters. The SMILES string of the molecule is CCCCCCCCc1ccc([O-])cc1Oc1ccc(S(=O)(=O)O)cc1.[K+]. The molecular formula is C20H25KO5S. The summed E-state index contributed by atoms with van der Waals surface area (Å²) in [4.78, 5) is -0.199. The van der Waals surface area contributed by atoms with Crippen molar-refractivity contribution in [2.45, 2.75) is 56.8 Å². The van der Waals surface area contributed by atoms with Crippen molar-refractivity contribution in [2.24, 2.45) is 0 Å². The van der Waals surface area contributed by atoms with Crippen LogP contribution < -0.4 is 61.2 Å². The number of aryl methyl sites for hydroxylation is 1. The number of benzene rings is 2. The van der Waals surface area contributed by atoms with Crippen molar-refractivity contribution in [3.8, 4) is 17.2 Å². The van der Waals surface area contributed by atoms with Gasteiger partial charge >= 0.3 is 51.4 Å². The molecule has 5 nitrogen and oxygen atoms in total. The van der Waals surface area contributed by atoms with E-state index in [4.69, 9.17) is 9.29 Å². The second-order valence-corrected chi connectivity index (χ2v) is 7.76. The van der Waals surface area contributed by atoms with Crippen LogP contribution in [-0.4, -0.2) is 13.0 Å². The van der Waals surface area contributed by atoms with Crippen LogP contribution >= 0.6 is 0 Å². The molecule has 0 amide bonds. The summed E-state index contributed by atoms with van der Waals surface area (Å²) in [6.45, 7) is 2.19. The summed E-state index contributed by atoms with van der Waals surface area (Å²) in [5.41, 5.74) is 0.957. The average molecular weight is 417 g/mol. The molecule has 142 valence electrons. The van der Waals surface area contributed by atoms with Gasteiger partial charge in [0.2, 0.25) is 0 Å². The summed E-state index contributed by atoms with van der Waals surface area (Å²) in [6, 6.07) is 10.2. The van der Waals surface area contributed by atoms with Gasteiger partial charge in [-0.3, -0.25) is 4.55 Å². The molecule has 0 fully saturated rings. The molecule has 0 aliphatic rings. The minimum absolute atomic E-state index is 0. The first-order chi connectivity index (χ1) is 12.4. The third-order valence-electron chi connectivity index (χ3n) is 4.19. The van der Waals surface area contributed by atoms with E-state index in [1.165, 1.54) is 62.1 Å². The van der Waals surface area contributed by atoms with Gasteiger partial charge in [-0.25, -0.2) is 0 Å². The van der Waals surface area contributed by atoms with Crippen LogP contribution in [0.15, 0.2) is 47.4 Å². The zero-order valence-electron chi connectivity index (χ0n) is 16.0. The van der Waals surface area contributed by atoms with Crippen molar-refractivity contribution < 1.29 is 74.2 Å². The molecule has 0 radical (unpaired) electrons. The van der Waals surface area contributed by atoms with Crippen molar-refractivity contribution in [1.82, 2.24) is 0 Å². The Morgan fingerprint density at radius 3 is 2.22 bits per heavy atom. The van der Waals surface area contributed by atoms with Crippen molar-refractivity contribution >= 4 is 10.1 Å². The molecule has 0 saturated carbocycles. The summed E-state index contributed by atoms with van der Waals surface area (Å²) in [6.07, 6.45) is 7.94. The van der Waals surface area contributed by atoms with E-state index in [0.717, 1.165) is 24.8 Å². The summed E-state index contributed by atoms with van der Waals surface area (Å²) < 4.78 is 37.0. The molecule has 0 spiro atoms. The van der Waals surface area contributed by atoms with E-state index in [1.807, 2.05) is 0 Å². The number of ether oxygens (including phenoxy) is 1. The first-order valence-corrected chi connectivity index (χ1v) is 10.4. The third kappa shape index (κ3) is 8.64. The van der Waals surface area contributed by atoms with Crippen LogP contribution in [0, 0.1) is 0 Å². The largest absolute Gasteiger partial charge is 1.00 e. The molecule has 0 aliphatic heterocycles. The van der Waals surface area contributed by atoms with Crippen molar-refractivity contribution in [1.29, 1.82) is 0 Å². The van der Waals surface area contributed by atoms with Gasteiger partial charge in [0, 0.05) is 0 Å². The van der Waals surface area contributed by atoms with Crippen LogP contribution in [0.2, 0.25) is 0 Å². The van der Waals surface area contributed by atoms with E-state index < -0.39 is 10.1 Å². The zero-order valence-corrected chi connectivity index (χ0v) is 19.9. The molecule has 0 aliphatic carbocycles. The Balaban J connectivity index is 0.00000364. The maximum atomic E-state index is 11.7. The van der Waals surface area contributed by atoms with Crippen LogP contribution in [0.1, 0.15) is 51.0 Å². The van der Waals surface area contributed by atoms with Gasteiger partial charge in [-0.05, 0) is 48.7 Å². The third-order valence-corrected chi connectivity index (χ3v) is 5.06. The van der Waals surface area contributed by atoms with Gasteiger partial charge in [0.1, 0.15) is 11.5 Å². The van der Waals surface area contributed by atoms with Gasteiger partial charge in [0.05, 0.1) is 4.90 Å². The van der Waals surface area contributed by atoms with Crippen molar-refractivity contribution in [2.75, 3.05) is 0 Å². The minimum atomic E-state index is -4.23. The second kappa shape index (κ2) is 12.2. The predicted octanol–water partition coefficient (Wildman–Crippen LogP) is 1.71. The maximum absolute atomic E-state index is 11.7. The van der Waals surface area contributed by atoms with Gasteiger partial charge in [0.25, 0.3) is 10.1 Å². The standard InChI is InChI=1S/C20H26O5S.K/c1-2-3-4-5-6-7-8-16-9-10-17(21)15-20(16)25-18-11-13-19(14-12-18)26(22,23)24;/h9-15,21H,2-8H2,1H3,(H,22,23,24);/q;+1/p-1. The Kier molecular flexibility index (Phi) is 11.1.